The van der Waals surface area contributed by atoms with Crippen LogP contribution in [-0.4, -0.2) is 72.2 Å². The quantitative estimate of drug-likeness (QED) is 0.118. The van der Waals surface area contributed by atoms with Crippen LogP contribution in [0.5, 0.6) is 0 Å². The number of aliphatic hydroxyl groups excluding tert-OH is 2. The van der Waals surface area contributed by atoms with Crippen LogP contribution < -0.4 is 50.2 Å². The van der Waals surface area contributed by atoms with E-state index in [1.165, 1.54) is 4.90 Å². The van der Waals surface area contributed by atoms with Gasteiger partial charge in [0.05, 0.1) is 12.9 Å². The minimum absolute atomic E-state index is 0. The first-order chi connectivity index (χ1) is 14.6. The first-order valence-electron chi connectivity index (χ1n) is 8.51. The third-order valence-corrected chi connectivity index (χ3v) is 8.05. The molecule has 0 spiro atoms. The molecule has 7 N–H and O–H groups in total. The fourth-order valence-corrected chi connectivity index (χ4v) is 6.08. The number of aromatic nitrogens is 2. The molecular weight excluding hydrogens is 528 g/mol. The van der Waals surface area contributed by atoms with Gasteiger partial charge in [-0.05, 0) is 6.92 Å². The van der Waals surface area contributed by atoms with Crippen molar-refractivity contribution >= 4 is 35.0 Å². The van der Waals surface area contributed by atoms with Crippen LogP contribution in [-0.2, 0) is 31.6 Å². The molecule has 1 aromatic heterocycles. The number of rotatable bonds is 8. The molecule has 33 heavy (non-hydrogen) atoms. The summed E-state index contributed by atoms with van der Waals surface area (Å²) in [5.74, 6) is 0.0969. The summed E-state index contributed by atoms with van der Waals surface area (Å²) >= 11 is 0. The van der Waals surface area contributed by atoms with Gasteiger partial charge in [-0.25, -0.2) is 18.4 Å². The van der Waals surface area contributed by atoms with E-state index in [9.17, 15) is 38.5 Å². The van der Waals surface area contributed by atoms with E-state index in [0.29, 0.717) is 0 Å². The average Bonchev–Trinajstić information content (AvgIpc) is 3.08. The number of nitrogens with one attached hydrogen (secondary N) is 2. The molecular formula is C11H18N4NaO14P3. The average molecular weight is 546 g/mol. The summed E-state index contributed by atoms with van der Waals surface area (Å²) in [5.41, 5.74) is -0.423. The maximum atomic E-state index is 11.9. The van der Waals surface area contributed by atoms with Crippen molar-refractivity contribution in [2.24, 2.45) is 0 Å². The van der Waals surface area contributed by atoms with Gasteiger partial charge in [0, 0.05) is 0 Å². The van der Waals surface area contributed by atoms with E-state index in [4.69, 9.17) is 14.5 Å². The number of aliphatic hydroxyl groups is 2. The van der Waals surface area contributed by atoms with Crippen molar-refractivity contribution in [2.45, 2.75) is 37.6 Å². The first kappa shape index (κ1) is 29.0. The summed E-state index contributed by atoms with van der Waals surface area (Å²) in [6, 6.07) is 0. The topological polar surface area (TPSA) is 273 Å². The molecule has 0 bridgehead atoms. The molecule has 0 saturated carbocycles. The molecule has 8 atom stereocenters. The number of hydrogen-bond acceptors (Lipinski definition) is 14. The van der Waals surface area contributed by atoms with Crippen molar-refractivity contribution in [3.05, 3.63) is 16.7 Å². The zero-order chi connectivity index (χ0) is 24.1. The SMILES string of the molecule is CC1Nc2c(nc[nH]c2=O)N1[C@@H]1O[C@H](COP(=O)(O)OP(=O)(O)OP(=O)([O-])O)[C@@H](O)[C@H]1O.[Na+]. The van der Waals surface area contributed by atoms with E-state index >= 15 is 0 Å². The summed E-state index contributed by atoms with van der Waals surface area (Å²) in [4.78, 5) is 57.1. The van der Waals surface area contributed by atoms with E-state index in [1.807, 2.05) is 0 Å². The maximum absolute atomic E-state index is 11.9. The molecule has 0 radical (unpaired) electrons. The Kier molecular flexibility index (Phi) is 9.14. The zero-order valence-corrected chi connectivity index (χ0v) is 21.5. The van der Waals surface area contributed by atoms with Gasteiger partial charge in [-0.1, -0.05) is 0 Å². The van der Waals surface area contributed by atoms with Gasteiger partial charge in [0.1, 0.15) is 30.2 Å². The monoisotopic (exact) mass is 546 g/mol. The molecule has 0 aromatic carbocycles. The van der Waals surface area contributed by atoms with Crippen LogP contribution in [0.15, 0.2) is 11.1 Å². The fourth-order valence-electron chi connectivity index (χ4n) is 3.08. The summed E-state index contributed by atoms with van der Waals surface area (Å²) in [7, 11) is -17.1. The van der Waals surface area contributed by atoms with Crippen LogP contribution in [0.1, 0.15) is 6.92 Å². The van der Waals surface area contributed by atoms with Gasteiger partial charge in [0.15, 0.2) is 12.0 Å². The van der Waals surface area contributed by atoms with Gasteiger partial charge < -0.3 is 49.7 Å². The number of H-pyrrole nitrogens is 1. The number of phosphoric ester groups is 1. The van der Waals surface area contributed by atoms with Gasteiger partial charge in [0.25, 0.3) is 13.4 Å². The minimum atomic E-state index is -5.80. The first-order valence-corrected chi connectivity index (χ1v) is 13.0. The smallest absolute Gasteiger partial charge is 0.756 e. The standard InChI is InChI=1S/C11H19N4O14P3.Na/c1-4-14-6-9(12-3-13-10(6)18)15(4)11-8(17)7(16)5(27-11)2-26-31(22,23)29-32(24,25)28-30(19,20)21;/h3-5,7-8,11,14,16-17H,2H2,1H3,(H,22,23)(H,24,25)(H,12,13,18)(H2,19,20,21);/q;+1/p-1/t4?,5-,7-,8-,11-;/m1./s1. The zero-order valence-electron chi connectivity index (χ0n) is 16.8. The third kappa shape index (κ3) is 6.92. The number of hydrogen-bond donors (Lipinski definition) is 7. The third-order valence-electron chi connectivity index (χ3n) is 4.27. The summed E-state index contributed by atoms with van der Waals surface area (Å²) in [6.07, 6.45) is -5.63. The minimum Gasteiger partial charge on any atom is -0.756 e. The molecule has 1 saturated heterocycles. The second kappa shape index (κ2) is 10.4. The van der Waals surface area contributed by atoms with Crippen molar-refractivity contribution < 1.29 is 90.9 Å². The molecule has 1 aromatic rings. The Morgan fingerprint density at radius 1 is 1.18 bits per heavy atom. The Bertz CT molecular complexity index is 1070. The number of nitrogens with zero attached hydrogens (tertiary/aromatic N) is 2. The molecule has 0 aliphatic carbocycles. The second-order valence-corrected chi connectivity index (χ2v) is 10.9. The summed E-state index contributed by atoms with van der Waals surface area (Å²) in [5, 5.41) is 23.4. The van der Waals surface area contributed by atoms with E-state index in [1.54, 1.807) is 6.92 Å². The van der Waals surface area contributed by atoms with Crippen LogP contribution in [0.25, 0.3) is 0 Å². The van der Waals surface area contributed by atoms with Crippen LogP contribution in [0, 0.1) is 0 Å². The Balaban J connectivity index is 0.00000385. The Labute approximate surface area is 206 Å². The van der Waals surface area contributed by atoms with E-state index < -0.39 is 66.3 Å². The Hall–Kier alpha value is -0.230. The largest absolute Gasteiger partial charge is 1.00 e. The van der Waals surface area contributed by atoms with Crippen LogP contribution in [0.2, 0.25) is 0 Å². The number of fused-ring (bicyclic) bond motifs is 1. The molecule has 0 amide bonds. The van der Waals surface area contributed by atoms with Crippen molar-refractivity contribution in [3.63, 3.8) is 0 Å². The molecule has 3 rings (SSSR count). The van der Waals surface area contributed by atoms with Crippen molar-refractivity contribution in [1.82, 2.24) is 9.97 Å². The molecule has 2 aliphatic rings. The van der Waals surface area contributed by atoms with Crippen molar-refractivity contribution in [1.29, 1.82) is 0 Å². The van der Waals surface area contributed by atoms with Crippen LogP contribution in [0.3, 0.4) is 0 Å². The van der Waals surface area contributed by atoms with E-state index in [0.717, 1.165) is 6.33 Å². The van der Waals surface area contributed by atoms with Gasteiger partial charge in [0.2, 0.25) is 0 Å². The van der Waals surface area contributed by atoms with Crippen molar-refractivity contribution in [3.8, 4) is 0 Å². The van der Waals surface area contributed by atoms with Gasteiger partial charge >= 0.3 is 45.2 Å². The number of phosphoric acid groups is 3. The predicted molar refractivity (Wildman–Crippen MR) is 98.7 cm³/mol. The van der Waals surface area contributed by atoms with Gasteiger partial charge in [-0.15, -0.1) is 0 Å². The molecule has 1 fully saturated rings. The molecule has 18 nitrogen and oxygen atoms in total. The second-order valence-electron chi connectivity index (χ2n) is 6.57. The predicted octanol–water partition coefficient (Wildman–Crippen LogP) is -5.49. The van der Waals surface area contributed by atoms with Gasteiger partial charge in [-0.3, -0.25) is 13.9 Å². The fraction of sp³-hybridized carbons (Fsp3) is 0.636. The summed E-state index contributed by atoms with van der Waals surface area (Å²) in [6.45, 7) is 0.611. The molecule has 4 unspecified atom stereocenters. The van der Waals surface area contributed by atoms with E-state index in [-0.39, 0.29) is 41.1 Å². The maximum Gasteiger partial charge on any atom is 1.00 e. The van der Waals surface area contributed by atoms with E-state index in [2.05, 4.69) is 28.4 Å². The molecule has 2 aliphatic heterocycles. The summed E-state index contributed by atoms with van der Waals surface area (Å²) < 4.78 is 50.5. The van der Waals surface area contributed by atoms with Crippen LogP contribution in [0.4, 0.5) is 11.5 Å². The molecule has 182 valence electrons. The number of aromatic amines is 1. The van der Waals surface area contributed by atoms with Gasteiger partial charge in [-0.2, -0.15) is 4.31 Å². The molecule has 3 heterocycles. The van der Waals surface area contributed by atoms with Crippen LogP contribution >= 0.6 is 23.5 Å². The number of ether oxygens (including phenoxy) is 1. The van der Waals surface area contributed by atoms with Crippen molar-refractivity contribution in [2.75, 3.05) is 16.8 Å². The normalized spacial score (nSPS) is 32.1. The molecule has 22 heteroatoms. The Morgan fingerprint density at radius 2 is 1.82 bits per heavy atom. The number of anilines is 2. The Morgan fingerprint density at radius 3 is 2.42 bits per heavy atom.